The molecule has 0 fully saturated rings. The molecule has 0 bridgehead atoms. The lowest BCUT2D eigenvalue weighted by Gasteiger charge is -2.16. The molecule has 19 heavy (non-hydrogen) atoms. The molecule has 0 aliphatic carbocycles. The predicted molar refractivity (Wildman–Crippen MR) is 79.9 cm³/mol. The van der Waals surface area contributed by atoms with Crippen molar-refractivity contribution in [1.82, 2.24) is 0 Å². The van der Waals surface area contributed by atoms with Gasteiger partial charge in [-0.15, -0.1) is 0 Å². The number of hydrogen-bond donors (Lipinski definition) is 0. The zero-order chi connectivity index (χ0) is 15.0. The normalized spacial score (nSPS) is 11.5. The van der Waals surface area contributed by atoms with Gasteiger partial charge in [0.1, 0.15) is 5.78 Å². The lowest BCUT2D eigenvalue weighted by molar-refractivity contribution is -0.125. The molecule has 0 spiro atoms. The highest BCUT2D eigenvalue weighted by Crippen LogP contribution is 2.38. The summed E-state index contributed by atoms with van der Waals surface area (Å²) in [6.45, 7) is 5.23. The molecule has 104 valence electrons. The van der Waals surface area contributed by atoms with Crippen LogP contribution in [0.4, 0.5) is 0 Å². The Hall–Kier alpha value is -0.280. The summed E-state index contributed by atoms with van der Waals surface area (Å²) in [4.78, 5) is 23.9. The molecule has 0 aliphatic rings. The van der Waals surface area contributed by atoms with E-state index in [-0.39, 0.29) is 37.9 Å². The van der Waals surface area contributed by atoms with E-state index in [0.29, 0.717) is 0 Å². The molecule has 0 amide bonds. The lowest BCUT2D eigenvalue weighted by atomic mass is 9.87. The molecule has 0 N–H and O–H groups in total. The number of halogens is 4. The van der Waals surface area contributed by atoms with E-state index in [2.05, 4.69) is 0 Å². The van der Waals surface area contributed by atoms with Crippen molar-refractivity contribution in [2.45, 2.75) is 27.2 Å². The number of carbonyl (C=O) groups is 2. The molecule has 1 aromatic rings. The number of hydrogen-bond acceptors (Lipinski definition) is 2. The van der Waals surface area contributed by atoms with Gasteiger partial charge in [-0.1, -0.05) is 67.2 Å². The minimum absolute atomic E-state index is 0.0161. The minimum Gasteiger partial charge on any atom is -0.299 e. The van der Waals surface area contributed by atoms with E-state index in [1.807, 2.05) is 0 Å². The van der Waals surface area contributed by atoms with Crippen molar-refractivity contribution >= 4 is 58.0 Å². The number of Topliss-reactive ketones (excluding diaryl/α,β-unsaturated/α-hetero) is 2. The molecule has 1 aromatic carbocycles. The van der Waals surface area contributed by atoms with Crippen LogP contribution < -0.4 is 0 Å². The second-order valence-electron chi connectivity index (χ2n) is 5.12. The van der Waals surface area contributed by atoms with Crippen LogP contribution in [0.15, 0.2) is 6.07 Å². The largest absolute Gasteiger partial charge is 0.299 e. The molecule has 0 radical (unpaired) electrons. The van der Waals surface area contributed by atoms with Crippen molar-refractivity contribution in [2.24, 2.45) is 5.41 Å². The Morgan fingerprint density at radius 3 is 2.00 bits per heavy atom. The van der Waals surface area contributed by atoms with Gasteiger partial charge in [-0.2, -0.15) is 0 Å². The van der Waals surface area contributed by atoms with Crippen LogP contribution in [0, 0.1) is 5.41 Å². The first kappa shape index (κ1) is 16.8. The van der Waals surface area contributed by atoms with Crippen LogP contribution in [0.25, 0.3) is 0 Å². The summed E-state index contributed by atoms with van der Waals surface area (Å²) in [6.07, 6.45) is -0.252. The fourth-order valence-corrected chi connectivity index (χ4v) is 2.19. The Balaban J connectivity index is 3.12. The number of carbonyl (C=O) groups excluding carboxylic acids is 2. The van der Waals surface area contributed by atoms with E-state index in [4.69, 9.17) is 46.4 Å². The highest BCUT2D eigenvalue weighted by atomic mass is 35.5. The van der Waals surface area contributed by atoms with E-state index in [1.54, 1.807) is 20.8 Å². The van der Waals surface area contributed by atoms with Crippen LogP contribution in [0.3, 0.4) is 0 Å². The second kappa shape index (κ2) is 6.01. The predicted octanol–water partition coefficient (Wildman–Crippen LogP) is 5.49. The van der Waals surface area contributed by atoms with Gasteiger partial charge in [0.05, 0.1) is 26.5 Å². The number of rotatable bonds is 3. The summed E-state index contributed by atoms with van der Waals surface area (Å²) in [7, 11) is 0. The topological polar surface area (TPSA) is 34.1 Å². The van der Waals surface area contributed by atoms with Gasteiger partial charge in [-0.3, -0.25) is 9.59 Å². The van der Waals surface area contributed by atoms with Crippen LogP contribution in [0.2, 0.25) is 20.1 Å². The molecule has 1 rings (SSSR count). The fourth-order valence-electron chi connectivity index (χ4n) is 1.28. The summed E-state index contributed by atoms with van der Waals surface area (Å²) < 4.78 is 0. The zero-order valence-electron chi connectivity index (χ0n) is 10.6. The Morgan fingerprint density at radius 2 is 1.53 bits per heavy atom. The van der Waals surface area contributed by atoms with Crippen LogP contribution in [-0.4, -0.2) is 11.6 Å². The van der Waals surface area contributed by atoms with Crippen molar-refractivity contribution in [3.63, 3.8) is 0 Å². The van der Waals surface area contributed by atoms with E-state index in [0.717, 1.165) is 0 Å². The molecule has 0 atom stereocenters. The van der Waals surface area contributed by atoms with E-state index in [9.17, 15) is 9.59 Å². The first-order chi connectivity index (χ1) is 8.55. The van der Waals surface area contributed by atoms with Gasteiger partial charge in [0.15, 0.2) is 5.78 Å². The summed E-state index contributed by atoms with van der Waals surface area (Å²) in [5.41, 5.74) is -0.485. The summed E-state index contributed by atoms with van der Waals surface area (Å²) in [6, 6.07) is 1.33. The van der Waals surface area contributed by atoms with Crippen LogP contribution >= 0.6 is 46.4 Å². The number of benzene rings is 1. The fraction of sp³-hybridized carbons (Fsp3) is 0.385. The van der Waals surface area contributed by atoms with E-state index < -0.39 is 11.2 Å². The van der Waals surface area contributed by atoms with Crippen molar-refractivity contribution in [1.29, 1.82) is 0 Å². The number of ketones is 2. The molecule has 6 heteroatoms. The molecule has 0 saturated carbocycles. The van der Waals surface area contributed by atoms with Crippen LogP contribution in [0.1, 0.15) is 37.6 Å². The average Bonchev–Trinajstić information content (AvgIpc) is 2.29. The third-order valence-electron chi connectivity index (χ3n) is 2.56. The molecule has 0 aliphatic heterocycles. The highest BCUT2D eigenvalue weighted by molar-refractivity contribution is 6.52. The standard InChI is InChI=1S/C13H12Cl4O2/c1-13(2,3)9(19)5-8(18)6-4-7(14)11(16)12(17)10(6)15/h4H,5H2,1-3H3. The summed E-state index contributed by atoms with van der Waals surface area (Å²) >= 11 is 23.5. The van der Waals surface area contributed by atoms with Gasteiger partial charge in [-0.05, 0) is 6.07 Å². The van der Waals surface area contributed by atoms with E-state index >= 15 is 0 Å². The molecular weight excluding hydrogens is 330 g/mol. The maximum absolute atomic E-state index is 12.1. The molecular formula is C13H12Cl4O2. The third kappa shape index (κ3) is 3.85. The molecule has 2 nitrogen and oxygen atoms in total. The third-order valence-corrected chi connectivity index (χ3v) is 4.31. The van der Waals surface area contributed by atoms with Crippen molar-refractivity contribution in [2.75, 3.05) is 0 Å². The lowest BCUT2D eigenvalue weighted by Crippen LogP contribution is -2.23. The summed E-state index contributed by atoms with van der Waals surface area (Å²) in [5.74, 6) is -0.610. The molecule has 0 heterocycles. The first-order valence-corrected chi connectivity index (χ1v) is 6.96. The highest BCUT2D eigenvalue weighted by Gasteiger charge is 2.26. The van der Waals surface area contributed by atoms with Crippen molar-refractivity contribution < 1.29 is 9.59 Å². The quantitative estimate of drug-likeness (QED) is 0.315. The van der Waals surface area contributed by atoms with Crippen molar-refractivity contribution in [3.05, 3.63) is 31.7 Å². The SMILES string of the molecule is CC(C)(C)C(=O)CC(=O)c1cc(Cl)c(Cl)c(Cl)c1Cl. The Bertz CT molecular complexity index is 545. The van der Waals surface area contributed by atoms with Gasteiger partial charge in [0.25, 0.3) is 0 Å². The maximum atomic E-state index is 12.1. The second-order valence-corrected chi connectivity index (χ2v) is 6.66. The first-order valence-electron chi connectivity index (χ1n) is 5.45. The zero-order valence-corrected chi connectivity index (χ0v) is 13.6. The van der Waals surface area contributed by atoms with Gasteiger partial charge >= 0.3 is 0 Å². The van der Waals surface area contributed by atoms with E-state index in [1.165, 1.54) is 6.07 Å². The van der Waals surface area contributed by atoms with Gasteiger partial charge in [0, 0.05) is 11.0 Å². The smallest absolute Gasteiger partial charge is 0.171 e. The van der Waals surface area contributed by atoms with Gasteiger partial charge < -0.3 is 0 Å². The monoisotopic (exact) mass is 340 g/mol. The molecule has 0 saturated heterocycles. The van der Waals surface area contributed by atoms with Crippen LogP contribution in [0.5, 0.6) is 0 Å². The maximum Gasteiger partial charge on any atom is 0.171 e. The average molecular weight is 342 g/mol. The van der Waals surface area contributed by atoms with Gasteiger partial charge in [0.2, 0.25) is 0 Å². The van der Waals surface area contributed by atoms with Crippen LogP contribution in [-0.2, 0) is 4.79 Å². The Morgan fingerprint density at radius 1 is 1.00 bits per heavy atom. The van der Waals surface area contributed by atoms with Gasteiger partial charge in [-0.25, -0.2) is 0 Å². The summed E-state index contributed by atoms with van der Waals surface area (Å²) in [5, 5.41) is 0.250. The Kier molecular flexibility index (Phi) is 5.30. The molecule has 0 aromatic heterocycles. The molecule has 0 unspecified atom stereocenters. The Labute approximate surface area is 132 Å². The minimum atomic E-state index is -0.595. The van der Waals surface area contributed by atoms with Crippen molar-refractivity contribution in [3.8, 4) is 0 Å².